The lowest BCUT2D eigenvalue weighted by atomic mass is 9.49. The van der Waals surface area contributed by atoms with Crippen LogP contribution >= 0.6 is 0 Å². The molecule has 4 aliphatic carbocycles. The standard InChI is InChI=1S/C22H28FN3O4/c1-13(30-18-4-2-17(23)3-5-18)20(28)26-25-19(27)12-24-21(29)22-9-14-6-15(10-22)8-16(7-14)11-22/h2-5,13-16H,6-12H2,1H3,(H,24,29)(H,25,27)(H,26,28)/t13-,14?,15?,16?,22?/m1/s1. The van der Waals surface area contributed by atoms with Crippen LogP contribution in [0.1, 0.15) is 45.4 Å². The van der Waals surface area contributed by atoms with Gasteiger partial charge in [0.15, 0.2) is 6.10 Å². The topological polar surface area (TPSA) is 96.5 Å². The highest BCUT2D eigenvalue weighted by Gasteiger charge is 2.54. The molecule has 4 bridgehead atoms. The first-order valence-corrected chi connectivity index (χ1v) is 10.6. The number of carbonyl (C=O) groups excluding carboxylic acids is 3. The smallest absolute Gasteiger partial charge is 0.279 e. The van der Waals surface area contributed by atoms with Crippen LogP contribution in [0.5, 0.6) is 5.75 Å². The van der Waals surface area contributed by atoms with Crippen molar-refractivity contribution in [2.24, 2.45) is 23.2 Å². The summed E-state index contributed by atoms with van der Waals surface area (Å²) in [6, 6.07) is 5.29. The fraction of sp³-hybridized carbons (Fsp3) is 0.591. The number of hydrazine groups is 1. The molecule has 0 saturated heterocycles. The van der Waals surface area contributed by atoms with Gasteiger partial charge in [-0.1, -0.05) is 0 Å². The number of hydrogen-bond donors (Lipinski definition) is 3. The van der Waals surface area contributed by atoms with Gasteiger partial charge in [0, 0.05) is 5.41 Å². The molecule has 30 heavy (non-hydrogen) atoms. The van der Waals surface area contributed by atoms with Crippen molar-refractivity contribution in [2.75, 3.05) is 6.54 Å². The van der Waals surface area contributed by atoms with E-state index in [1.165, 1.54) is 50.5 Å². The van der Waals surface area contributed by atoms with Gasteiger partial charge in [-0.2, -0.15) is 0 Å². The summed E-state index contributed by atoms with van der Waals surface area (Å²) >= 11 is 0. The van der Waals surface area contributed by atoms with Gasteiger partial charge in [-0.05, 0) is 87.5 Å². The maximum Gasteiger partial charge on any atom is 0.279 e. The van der Waals surface area contributed by atoms with Gasteiger partial charge in [-0.25, -0.2) is 4.39 Å². The number of benzene rings is 1. The van der Waals surface area contributed by atoms with E-state index in [0.717, 1.165) is 19.3 Å². The molecular weight excluding hydrogens is 389 g/mol. The van der Waals surface area contributed by atoms with Crippen molar-refractivity contribution in [3.63, 3.8) is 0 Å². The van der Waals surface area contributed by atoms with E-state index in [1.807, 2.05) is 0 Å². The molecule has 4 fully saturated rings. The third-order valence-electron chi connectivity index (χ3n) is 6.75. The Labute approximate surface area is 175 Å². The molecule has 1 aromatic carbocycles. The summed E-state index contributed by atoms with van der Waals surface area (Å²) in [5, 5.41) is 2.77. The highest BCUT2D eigenvalue weighted by atomic mass is 19.1. The van der Waals surface area contributed by atoms with Crippen LogP contribution in [0.2, 0.25) is 0 Å². The minimum absolute atomic E-state index is 0.0314. The number of amides is 3. The van der Waals surface area contributed by atoms with Crippen molar-refractivity contribution in [3.8, 4) is 5.75 Å². The van der Waals surface area contributed by atoms with E-state index in [-0.39, 0.29) is 17.9 Å². The first-order valence-electron chi connectivity index (χ1n) is 10.6. The van der Waals surface area contributed by atoms with Gasteiger partial charge < -0.3 is 10.1 Å². The van der Waals surface area contributed by atoms with E-state index >= 15 is 0 Å². The summed E-state index contributed by atoms with van der Waals surface area (Å²) in [6.45, 7) is 1.33. The second-order valence-corrected chi connectivity index (χ2v) is 9.13. The number of halogens is 1. The van der Waals surface area contributed by atoms with E-state index in [2.05, 4.69) is 16.2 Å². The van der Waals surface area contributed by atoms with Crippen LogP contribution in [0.3, 0.4) is 0 Å². The van der Waals surface area contributed by atoms with E-state index < -0.39 is 23.7 Å². The fourth-order valence-electron chi connectivity index (χ4n) is 5.78. The van der Waals surface area contributed by atoms with Crippen molar-refractivity contribution in [1.82, 2.24) is 16.2 Å². The highest BCUT2D eigenvalue weighted by Crippen LogP contribution is 2.60. The Morgan fingerprint density at radius 2 is 1.60 bits per heavy atom. The molecule has 8 heteroatoms. The fourth-order valence-corrected chi connectivity index (χ4v) is 5.78. The second-order valence-electron chi connectivity index (χ2n) is 9.13. The molecule has 0 aliphatic heterocycles. The van der Waals surface area contributed by atoms with Crippen molar-refractivity contribution in [2.45, 2.75) is 51.6 Å². The van der Waals surface area contributed by atoms with E-state index in [0.29, 0.717) is 23.5 Å². The Hall–Kier alpha value is -2.64. The van der Waals surface area contributed by atoms with Crippen molar-refractivity contribution in [1.29, 1.82) is 0 Å². The Morgan fingerprint density at radius 1 is 1.03 bits per heavy atom. The highest BCUT2D eigenvalue weighted by molar-refractivity contribution is 5.89. The zero-order valence-electron chi connectivity index (χ0n) is 17.1. The summed E-state index contributed by atoms with van der Waals surface area (Å²) in [7, 11) is 0. The third kappa shape index (κ3) is 4.42. The van der Waals surface area contributed by atoms with E-state index in [1.54, 1.807) is 0 Å². The quantitative estimate of drug-likeness (QED) is 0.618. The molecule has 0 spiro atoms. The molecule has 3 amide bonds. The minimum Gasteiger partial charge on any atom is -0.481 e. The number of nitrogens with one attached hydrogen (secondary N) is 3. The van der Waals surface area contributed by atoms with Crippen molar-refractivity contribution < 1.29 is 23.5 Å². The summed E-state index contributed by atoms with van der Waals surface area (Å²) < 4.78 is 18.3. The number of ether oxygens (including phenoxy) is 1. The van der Waals surface area contributed by atoms with Crippen LogP contribution in [0.4, 0.5) is 4.39 Å². The molecule has 4 aliphatic rings. The van der Waals surface area contributed by atoms with Crippen LogP contribution < -0.4 is 20.9 Å². The molecule has 0 unspecified atom stereocenters. The van der Waals surface area contributed by atoms with Crippen molar-refractivity contribution >= 4 is 17.7 Å². The van der Waals surface area contributed by atoms with Gasteiger partial charge in [0.1, 0.15) is 11.6 Å². The third-order valence-corrected chi connectivity index (χ3v) is 6.75. The Morgan fingerprint density at radius 3 is 2.17 bits per heavy atom. The summed E-state index contributed by atoms with van der Waals surface area (Å²) in [6.07, 6.45) is 5.65. The average Bonchev–Trinajstić information content (AvgIpc) is 2.70. The largest absolute Gasteiger partial charge is 0.481 e. The number of hydrogen-bond acceptors (Lipinski definition) is 4. The van der Waals surface area contributed by atoms with Crippen LogP contribution in [0.15, 0.2) is 24.3 Å². The van der Waals surface area contributed by atoms with E-state index in [4.69, 9.17) is 4.74 Å². The van der Waals surface area contributed by atoms with E-state index in [9.17, 15) is 18.8 Å². The molecule has 4 saturated carbocycles. The zero-order valence-corrected chi connectivity index (χ0v) is 17.1. The van der Waals surface area contributed by atoms with Crippen LogP contribution in [-0.4, -0.2) is 30.4 Å². The predicted octanol–water partition coefficient (Wildman–Crippen LogP) is 2.07. The monoisotopic (exact) mass is 417 g/mol. The minimum atomic E-state index is -0.891. The first-order chi connectivity index (χ1) is 14.3. The lowest BCUT2D eigenvalue weighted by Gasteiger charge is -2.55. The lowest BCUT2D eigenvalue weighted by molar-refractivity contribution is -0.147. The molecule has 1 aromatic rings. The van der Waals surface area contributed by atoms with Gasteiger partial charge in [0.2, 0.25) is 5.91 Å². The predicted molar refractivity (Wildman–Crippen MR) is 106 cm³/mol. The average molecular weight is 417 g/mol. The Bertz CT molecular complexity index is 791. The molecule has 162 valence electrons. The van der Waals surface area contributed by atoms with Gasteiger partial charge in [0.05, 0.1) is 6.54 Å². The molecular formula is C22H28FN3O4. The molecule has 0 heterocycles. The number of rotatable bonds is 6. The molecule has 3 N–H and O–H groups in total. The summed E-state index contributed by atoms with van der Waals surface area (Å²) in [4.78, 5) is 37.0. The molecule has 7 nitrogen and oxygen atoms in total. The van der Waals surface area contributed by atoms with Gasteiger partial charge in [-0.3, -0.25) is 25.2 Å². The maximum absolute atomic E-state index is 12.9. The van der Waals surface area contributed by atoms with Crippen LogP contribution in [0, 0.1) is 29.0 Å². The summed E-state index contributed by atoms with van der Waals surface area (Å²) in [5.74, 6) is 0.801. The molecule has 5 rings (SSSR count). The summed E-state index contributed by atoms with van der Waals surface area (Å²) in [5.41, 5.74) is 4.27. The van der Waals surface area contributed by atoms with Gasteiger partial charge in [-0.15, -0.1) is 0 Å². The van der Waals surface area contributed by atoms with Gasteiger partial charge in [0.25, 0.3) is 11.8 Å². The molecule has 0 aromatic heterocycles. The Balaban J connectivity index is 1.20. The Kier molecular flexibility index (Phi) is 5.66. The molecule has 0 radical (unpaired) electrons. The molecule has 1 atom stereocenters. The SMILES string of the molecule is C[C@@H](Oc1ccc(F)cc1)C(=O)NNC(=O)CNC(=O)C12CC3CC(CC(C3)C1)C2. The number of carbonyl (C=O) groups is 3. The normalized spacial score (nSPS) is 29.7. The van der Waals surface area contributed by atoms with Crippen LogP contribution in [-0.2, 0) is 14.4 Å². The maximum atomic E-state index is 12.9. The van der Waals surface area contributed by atoms with Gasteiger partial charge >= 0.3 is 0 Å². The van der Waals surface area contributed by atoms with Crippen molar-refractivity contribution in [3.05, 3.63) is 30.1 Å². The lowest BCUT2D eigenvalue weighted by Crippen LogP contribution is -2.55. The zero-order chi connectivity index (χ0) is 21.3. The second kappa shape index (κ2) is 8.24. The first kappa shape index (κ1) is 20.6. The van der Waals surface area contributed by atoms with Crippen LogP contribution in [0.25, 0.3) is 0 Å².